The predicted molar refractivity (Wildman–Crippen MR) is 44.4 cm³/mol. The Morgan fingerprint density at radius 1 is 0.833 bits per heavy atom. The number of rotatable bonds is 0. The fourth-order valence-corrected chi connectivity index (χ4v) is 1.05. The Morgan fingerprint density at radius 2 is 1.08 bits per heavy atom. The zero-order valence-corrected chi connectivity index (χ0v) is 7.94. The molecule has 1 aliphatic rings. The first kappa shape index (κ1) is 9.03. The van der Waals surface area contributed by atoms with Crippen molar-refractivity contribution < 1.29 is 19.9 Å². The summed E-state index contributed by atoms with van der Waals surface area (Å²) >= 11 is 0. The Kier molecular flexibility index (Phi) is 1.67. The van der Waals surface area contributed by atoms with E-state index in [1.807, 2.05) is 27.7 Å². The molecular formula is C8H16N2O2+2. The maximum atomic E-state index is 9.50. The minimum Gasteiger partial charge on any atom is -0.290 e. The first-order chi connectivity index (χ1) is 5.26. The van der Waals surface area contributed by atoms with Crippen LogP contribution in [0.5, 0.6) is 0 Å². The van der Waals surface area contributed by atoms with Crippen LogP contribution in [0.3, 0.4) is 0 Å². The Morgan fingerprint density at radius 3 is 1.33 bits per heavy atom. The smallest absolute Gasteiger partial charge is 0.284 e. The Hall–Kier alpha value is -1.06. The Balaban J connectivity index is 3.13. The lowest BCUT2D eigenvalue weighted by molar-refractivity contribution is -0.861. The topological polar surface area (TPSA) is 46.5 Å². The second-order valence-electron chi connectivity index (χ2n) is 4.25. The van der Waals surface area contributed by atoms with E-state index in [0.717, 1.165) is 9.48 Å². The molecule has 0 radical (unpaired) electrons. The summed E-state index contributed by atoms with van der Waals surface area (Å²) in [6, 6.07) is 0. The van der Waals surface area contributed by atoms with Crippen molar-refractivity contribution in [1.82, 2.24) is 0 Å². The second kappa shape index (κ2) is 2.21. The van der Waals surface area contributed by atoms with Crippen molar-refractivity contribution >= 4 is 12.4 Å². The standard InChI is InChI=1S/C8H16N2O2/c1-7(2)5-10(12)8(3,4)6-9(7)11/h5-6,11-12H,1-4H3/q+2. The van der Waals surface area contributed by atoms with Crippen molar-refractivity contribution in [3.05, 3.63) is 0 Å². The van der Waals surface area contributed by atoms with E-state index in [2.05, 4.69) is 0 Å². The third-order valence-electron chi connectivity index (χ3n) is 2.06. The van der Waals surface area contributed by atoms with Crippen LogP contribution < -0.4 is 0 Å². The first-order valence-corrected chi connectivity index (χ1v) is 3.94. The van der Waals surface area contributed by atoms with Gasteiger partial charge in [-0.05, 0) is 9.48 Å². The van der Waals surface area contributed by atoms with E-state index >= 15 is 0 Å². The zero-order chi connectivity index (χ0) is 9.57. The quantitative estimate of drug-likeness (QED) is 0.413. The van der Waals surface area contributed by atoms with Crippen molar-refractivity contribution in [3.8, 4) is 0 Å². The lowest BCUT2D eigenvalue weighted by Gasteiger charge is -2.18. The summed E-state index contributed by atoms with van der Waals surface area (Å²) < 4.78 is 2.22. The predicted octanol–water partition coefficient (Wildman–Crippen LogP) is 0.502. The normalized spacial score (nSPS) is 26.0. The summed E-state index contributed by atoms with van der Waals surface area (Å²) in [5, 5.41) is 19.0. The van der Waals surface area contributed by atoms with Gasteiger partial charge in [-0.3, -0.25) is 10.4 Å². The van der Waals surface area contributed by atoms with Crippen LogP contribution in [0.25, 0.3) is 0 Å². The van der Waals surface area contributed by atoms with Crippen molar-refractivity contribution in [1.29, 1.82) is 0 Å². The van der Waals surface area contributed by atoms with E-state index in [9.17, 15) is 10.4 Å². The van der Waals surface area contributed by atoms with Gasteiger partial charge in [-0.1, -0.05) is 0 Å². The lowest BCUT2D eigenvalue weighted by atomic mass is 10.0. The molecule has 1 heterocycles. The molecule has 12 heavy (non-hydrogen) atoms. The van der Waals surface area contributed by atoms with E-state index in [1.54, 1.807) is 12.4 Å². The summed E-state index contributed by atoms with van der Waals surface area (Å²) in [5.74, 6) is 0. The molecule has 1 rings (SSSR count). The van der Waals surface area contributed by atoms with Gasteiger partial charge in [0.2, 0.25) is 0 Å². The largest absolute Gasteiger partial charge is 0.290 e. The number of nitrogens with zero attached hydrogens (tertiary/aromatic N) is 2. The average Bonchev–Trinajstić information content (AvgIpc) is 1.82. The summed E-state index contributed by atoms with van der Waals surface area (Å²) in [7, 11) is 0. The molecule has 1 aliphatic heterocycles. The minimum atomic E-state index is -0.551. The van der Waals surface area contributed by atoms with Gasteiger partial charge in [-0.15, -0.1) is 0 Å². The SMILES string of the molecule is CC1(C)C=[N+](O)C(C)(C)C=[N+]1O. The van der Waals surface area contributed by atoms with Gasteiger partial charge < -0.3 is 0 Å². The number of hydrogen-bond acceptors (Lipinski definition) is 2. The van der Waals surface area contributed by atoms with Crippen molar-refractivity contribution in [2.75, 3.05) is 0 Å². The molecule has 0 unspecified atom stereocenters. The van der Waals surface area contributed by atoms with Crippen molar-refractivity contribution in [2.24, 2.45) is 0 Å². The van der Waals surface area contributed by atoms with Crippen molar-refractivity contribution in [3.63, 3.8) is 0 Å². The molecule has 0 bridgehead atoms. The van der Waals surface area contributed by atoms with Crippen LogP contribution in [0.15, 0.2) is 0 Å². The fraction of sp³-hybridized carbons (Fsp3) is 0.750. The van der Waals surface area contributed by atoms with Gasteiger partial charge in [0.25, 0.3) is 23.5 Å². The van der Waals surface area contributed by atoms with E-state index in [0.29, 0.717) is 0 Å². The molecule has 0 saturated carbocycles. The van der Waals surface area contributed by atoms with Gasteiger partial charge in [0, 0.05) is 27.7 Å². The summed E-state index contributed by atoms with van der Waals surface area (Å²) in [4.78, 5) is 0. The molecule has 4 nitrogen and oxygen atoms in total. The van der Waals surface area contributed by atoms with Gasteiger partial charge in [0.1, 0.15) is 0 Å². The maximum Gasteiger partial charge on any atom is 0.284 e. The molecular weight excluding hydrogens is 156 g/mol. The van der Waals surface area contributed by atoms with E-state index in [-0.39, 0.29) is 0 Å². The molecule has 0 spiro atoms. The summed E-state index contributed by atoms with van der Waals surface area (Å²) in [5.41, 5.74) is -1.10. The molecule has 0 aromatic heterocycles. The molecule has 0 aliphatic carbocycles. The van der Waals surface area contributed by atoms with Gasteiger partial charge >= 0.3 is 0 Å². The molecule has 0 amide bonds. The van der Waals surface area contributed by atoms with Crippen LogP contribution in [0, 0.1) is 0 Å². The van der Waals surface area contributed by atoms with E-state index in [1.165, 1.54) is 0 Å². The Labute approximate surface area is 72.0 Å². The van der Waals surface area contributed by atoms with Gasteiger partial charge in [-0.25, -0.2) is 0 Å². The van der Waals surface area contributed by atoms with E-state index < -0.39 is 11.1 Å². The maximum absolute atomic E-state index is 9.50. The monoisotopic (exact) mass is 172 g/mol. The van der Waals surface area contributed by atoms with Crippen LogP contribution in [0.2, 0.25) is 0 Å². The van der Waals surface area contributed by atoms with Crippen molar-refractivity contribution in [2.45, 2.75) is 38.8 Å². The number of hydrogen-bond donors (Lipinski definition) is 2. The van der Waals surface area contributed by atoms with Gasteiger partial charge in [-0.2, -0.15) is 0 Å². The number of hydroxylamine groups is 2. The summed E-state index contributed by atoms with van der Waals surface area (Å²) in [6.45, 7) is 7.23. The molecule has 0 atom stereocenters. The zero-order valence-electron chi connectivity index (χ0n) is 7.94. The highest BCUT2D eigenvalue weighted by Crippen LogP contribution is 2.13. The first-order valence-electron chi connectivity index (χ1n) is 3.94. The highest BCUT2D eigenvalue weighted by atomic mass is 16.5. The molecule has 0 aromatic rings. The third-order valence-corrected chi connectivity index (χ3v) is 2.06. The Bertz CT molecular complexity index is 236. The average molecular weight is 172 g/mol. The van der Waals surface area contributed by atoms with E-state index in [4.69, 9.17) is 0 Å². The van der Waals surface area contributed by atoms with Gasteiger partial charge in [0.15, 0.2) is 0 Å². The molecule has 4 heteroatoms. The van der Waals surface area contributed by atoms with Crippen LogP contribution in [-0.2, 0) is 0 Å². The molecule has 68 valence electrons. The van der Waals surface area contributed by atoms with Crippen LogP contribution in [-0.4, -0.2) is 43.4 Å². The molecule has 0 aromatic carbocycles. The van der Waals surface area contributed by atoms with Crippen LogP contribution in [0.1, 0.15) is 27.7 Å². The highest BCUT2D eigenvalue weighted by Gasteiger charge is 2.48. The molecule has 0 saturated heterocycles. The van der Waals surface area contributed by atoms with Crippen LogP contribution >= 0.6 is 0 Å². The highest BCUT2D eigenvalue weighted by molar-refractivity contribution is 5.70. The minimum absolute atomic E-state index is 0.551. The second-order valence-corrected chi connectivity index (χ2v) is 4.25. The van der Waals surface area contributed by atoms with Crippen LogP contribution in [0.4, 0.5) is 0 Å². The summed E-state index contributed by atoms with van der Waals surface area (Å²) in [6.07, 6.45) is 3.15. The molecule has 0 fully saturated rings. The fourth-order valence-electron chi connectivity index (χ4n) is 1.05. The molecule has 2 N–H and O–H groups in total. The lowest BCUT2D eigenvalue weighted by Crippen LogP contribution is -2.53. The van der Waals surface area contributed by atoms with Gasteiger partial charge in [0.05, 0.1) is 0 Å². The third kappa shape index (κ3) is 1.29.